The molecule has 0 radical (unpaired) electrons. The molecular weight excluding hydrogens is 308 g/mol. The van der Waals surface area contributed by atoms with Crippen molar-refractivity contribution in [1.82, 2.24) is 4.90 Å². The van der Waals surface area contributed by atoms with Crippen LogP contribution in [0.1, 0.15) is 39.2 Å². The quantitative estimate of drug-likeness (QED) is 0.679. The number of hydrogen-bond donors (Lipinski definition) is 0. The molecule has 3 heteroatoms. The molecule has 3 spiro atoms. The second kappa shape index (κ2) is 4.03. The third-order valence-electron chi connectivity index (χ3n) is 8.80. The molecular formula is C22H26N2O. The number of para-hydroxylation sites is 1. The van der Waals surface area contributed by atoms with Crippen molar-refractivity contribution in [3.63, 3.8) is 0 Å². The summed E-state index contributed by atoms with van der Waals surface area (Å²) < 4.78 is 0. The average Bonchev–Trinajstić information content (AvgIpc) is 3.22. The lowest BCUT2D eigenvalue weighted by Crippen LogP contribution is -2.65. The summed E-state index contributed by atoms with van der Waals surface area (Å²) in [5.74, 6) is 1.24. The largest absolute Gasteiger partial charge is 0.305 e. The van der Waals surface area contributed by atoms with Crippen LogP contribution in [0.4, 0.5) is 5.69 Å². The molecule has 130 valence electrons. The normalized spacial score (nSPS) is 48.6. The lowest BCUT2D eigenvalue weighted by Gasteiger charge is -2.53. The van der Waals surface area contributed by atoms with Crippen LogP contribution < -0.4 is 4.90 Å². The van der Waals surface area contributed by atoms with E-state index in [0.717, 1.165) is 13.1 Å². The van der Waals surface area contributed by atoms with Crippen LogP contribution in [0, 0.1) is 17.3 Å². The summed E-state index contributed by atoms with van der Waals surface area (Å²) >= 11 is 0. The fourth-order valence-corrected chi connectivity index (χ4v) is 8.68. The number of hydrogen-bond acceptors (Lipinski definition) is 2. The maximum absolute atomic E-state index is 13.0. The first-order valence-corrected chi connectivity index (χ1v) is 9.84. The Labute approximate surface area is 149 Å². The van der Waals surface area contributed by atoms with Crippen molar-refractivity contribution in [2.24, 2.45) is 17.3 Å². The smallest absolute Gasteiger partial charge is 0.224 e. The van der Waals surface area contributed by atoms with Crippen LogP contribution in [0.25, 0.3) is 0 Å². The Morgan fingerprint density at radius 2 is 2.04 bits per heavy atom. The van der Waals surface area contributed by atoms with Gasteiger partial charge in [0.15, 0.2) is 0 Å². The molecule has 6 rings (SSSR count). The van der Waals surface area contributed by atoms with Gasteiger partial charge in [-0.2, -0.15) is 0 Å². The molecule has 25 heavy (non-hydrogen) atoms. The molecule has 1 aromatic carbocycles. The highest BCUT2D eigenvalue weighted by molar-refractivity contribution is 5.98. The van der Waals surface area contributed by atoms with E-state index in [4.69, 9.17) is 0 Å². The van der Waals surface area contributed by atoms with E-state index in [-0.39, 0.29) is 22.3 Å². The van der Waals surface area contributed by atoms with E-state index in [2.05, 4.69) is 60.1 Å². The average molecular weight is 334 g/mol. The van der Waals surface area contributed by atoms with Gasteiger partial charge in [-0.15, -0.1) is 0 Å². The lowest BCUT2D eigenvalue weighted by atomic mass is 9.57. The van der Waals surface area contributed by atoms with Crippen molar-refractivity contribution >= 4 is 11.6 Å². The minimum absolute atomic E-state index is 0.0589. The fourth-order valence-electron chi connectivity index (χ4n) is 8.68. The van der Waals surface area contributed by atoms with Gasteiger partial charge in [0.1, 0.15) is 0 Å². The number of amides is 1. The monoisotopic (exact) mass is 334 g/mol. The number of rotatable bonds is 0. The molecule has 3 fully saturated rings. The van der Waals surface area contributed by atoms with E-state index in [1.807, 2.05) is 0 Å². The maximum Gasteiger partial charge on any atom is 0.224 e. The molecule has 5 aliphatic rings. The Bertz CT molecular complexity index is 846. The van der Waals surface area contributed by atoms with Gasteiger partial charge in [0.05, 0.1) is 5.54 Å². The van der Waals surface area contributed by atoms with Crippen LogP contribution in [0.15, 0.2) is 36.4 Å². The van der Waals surface area contributed by atoms with Gasteiger partial charge >= 0.3 is 0 Å². The summed E-state index contributed by atoms with van der Waals surface area (Å²) in [6.45, 7) is 8.88. The number of benzene rings is 1. The summed E-state index contributed by atoms with van der Waals surface area (Å²) in [5.41, 5.74) is 2.93. The summed E-state index contributed by atoms with van der Waals surface area (Å²) in [7, 11) is 0. The van der Waals surface area contributed by atoms with Gasteiger partial charge < -0.3 is 4.90 Å². The molecule has 1 saturated heterocycles. The Morgan fingerprint density at radius 3 is 2.84 bits per heavy atom. The van der Waals surface area contributed by atoms with Gasteiger partial charge in [-0.3, -0.25) is 9.69 Å². The predicted molar refractivity (Wildman–Crippen MR) is 98.5 cm³/mol. The highest BCUT2D eigenvalue weighted by Gasteiger charge is 2.86. The first kappa shape index (κ1) is 14.5. The summed E-state index contributed by atoms with van der Waals surface area (Å²) in [6, 6.07) is 9.37. The SMILES string of the molecule is CC(=O)N1c2ccccc2[C@]23CCN4CC=C[C@]5(C[C@@H](C)[C@@]12C5C)[C@H]43. The summed E-state index contributed by atoms with van der Waals surface area (Å²) in [4.78, 5) is 18.0. The predicted octanol–water partition coefficient (Wildman–Crippen LogP) is 3.35. The second-order valence-corrected chi connectivity index (χ2v) is 9.16. The zero-order chi connectivity index (χ0) is 17.2. The Hall–Kier alpha value is -1.61. The topological polar surface area (TPSA) is 23.6 Å². The van der Waals surface area contributed by atoms with Crippen molar-refractivity contribution < 1.29 is 4.79 Å². The van der Waals surface area contributed by atoms with Gasteiger partial charge in [0.25, 0.3) is 0 Å². The van der Waals surface area contributed by atoms with Gasteiger partial charge in [-0.25, -0.2) is 0 Å². The Kier molecular flexibility index (Phi) is 2.35. The van der Waals surface area contributed by atoms with Crippen LogP contribution in [0.5, 0.6) is 0 Å². The molecule has 2 bridgehead atoms. The zero-order valence-electron chi connectivity index (χ0n) is 15.3. The maximum atomic E-state index is 13.0. The third kappa shape index (κ3) is 1.14. The molecule has 3 heterocycles. The first-order valence-electron chi connectivity index (χ1n) is 9.84. The molecule has 0 aromatic heterocycles. The third-order valence-corrected chi connectivity index (χ3v) is 8.80. The zero-order valence-corrected chi connectivity index (χ0v) is 15.3. The first-order chi connectivity index (χ1) is 12.0. The molecule has 3 aliphatic heterocycles. The van der Waals surface area contributed by atoms with E-state index in [9.17, 15) is 4.79 Å². The van der Waals surface area contributed by atoms with E-state index >= 15 is 0 Å². The van der Waals surface area contributed by atoms with Crippen molar-refractivity contribution in [2.75, 3.05) is 18.0 Å². The fraction of sp³-hybridized carbons (Fsp3) is 0.591. The van der Waals surface area contributed by atoms with E-state index < -0.39 is 0 Å². The highest BCUT2D eigenvalue weighted by atomic mass is 16.2. The minimum atomic E-state index is -0.0589. The molecule has 1 amide bonds. The molecule has 2 aliphatic carbocycles. The number of anilines is 1. The van der Waals surface area contributed by atoms with Crippen LogP contribution in [0.2, 0.25) is 0 Å². The lowest BCUT2D eigenvalue weighted by molar-refractivity contribution is -0.118. The van der Waals surface area contributed by atoms with Crippen LogP contribution in [-0.4, -0.2) is 35.5 Å². The van der Waals surface area contributed by atoms with Crippen molar-refractivity contribution in [2.45, 2.75) is 50.6 Å². The van der Waals surface area contributed by atoms with E-state index in [1.165, 1.54) is 24.1 Å². The van der Waals surface area contributed by atoms with Crippen LogP contribution in [-0.2, 0) is 10.2 Å². The molecule has 6 atom stereocenters. The number of carbonyl (C=O) groups is 1. The number of carbonyl (C=O) groups excluding carboxylic acids is 1. The molecule has 1 unspecified atom stereocenters. The van der Waals surface area contributed by atoms with Gasteiger partial charge in [0.2, 0.25) is 5.91 Å². The van der Waals surface area contributed by atoms with Crippen molar-refractivity contribution in [3.8, 4) is 0 Å². The van der Waals surface area contributed by atoms with Crippen LogP contribution >= 0.6 is 0 Å². The molecule has 2 saturated carbocycles. The summed E-state index contributed by atoms with van der Waals surface area (Å²) in [5, 5.41) is 0. The second-order valence-electron chi connectivity index (χ2n) is 9.16. The highest BCUT2D eigenvalue weighted by Crippen LogP contribution is 2.80. The molecule has 3 nitrogen and oxygen atoms in total. The summed E-state index contributed by atoms with van der Waals surface area (Å²) in [6.07, 6.45) is 7.36. The van der Waals surface area contributed by atoms with Gasteiger partial charge in [-0.1, -0.05) is 44.2 Å². The van der Waals surface area contributed by atoms with Crippen LogP contribution in [0.3, 0.4) is 0 Å². The standard InChI is InChI=1S/C22H26N2O/c1-14-13-20-9-6-11-23-12-10-21(19(20)23)17-7-4-5-8-18(17)24(16(3)25)22(14,21)15(20)2/h4-9,14-15,19H,10-13H2,1-3H3/t14-,15?,19+,20-,21+,22+/m1/s1. The van der Waals surface area contributed by atoms with Gasteiger partial charge in [-0.05, 0) is 42.9 Å². The van der Waals surface area contributed by atoms with Crippen molar-refractivity contribution in [1.29, 1.82) is 0 Å². The Morgan fingerprint density at radius 1 is 1.24 bits per heavy atom. The van der Waals surface area contributed by atoms with Crippen molar-refractivity contribution in [3.05, 3.63) is 42.0 Å². The minimum Gasteiger partial charge on any atom is -0.305 e. The molecule has 0 N–H and O–H groups in total. The number of nitrogens with zero attached hydrogens (tertiary/aromatic N) is 2. The molecule has 1 aromatic rings. The van der Waals surface area contributed by atoms with E-state index in [1.54, 1.807) is 6.92 Å². The van der Waals surface area contributed by atoms with E-state index in [0.29, 0.717) is 17.9 Å². The number of fused-ring (bicyclic) bond motifs is 1. The Balaban J connectivity index is 1.77. The van der Waals surface area contributed by atoms with Gasteiger partial charge in [0, 0.05) is 36.0 Å².